The first kappa shape index (κ1) is 23.7. The van der Waals surface area contributed by atoms with Crippen LogP contribution in [-0.2, 0) is 16.6 Å². The molecule has 0 saturated heterocycles. The summed E-state index contributed by atoms with van der Waals surface area (Å²) < 4.78 is 29.0. The molecule has 0 bridgehead atoms. The van der Waals surface area contributed by atoms with Crippen molar-refractivity contribution < 1.29 is 13.2 Å². The number of hydrogen-bond donors (Lipinski definition) is 1. The lowest BCUT2D eigenvalue weighted by molar-refractivity contribution is 0.0985. The molecule has 0 spiro atoms. The second-order valence-corrected chi connectivity index (χ2v) is 10.9. The van der Waals surface area contributed by atoms with Gasteiger partial charge in [0.15, 0.2) is 5.13 Å². The number of nitrogens with zero attached hydrogens (tertiary/aromatic N) is 3. The van der Waals surface area contributed by atoms with Crippen LogP contribution in [0.5, 0.6) is 0 Å². The molecule has 0 aliphatic rings. The molecule has 2 aromatic heterocycles. The van der Waals surface area contributed by atoms with Gasteiger partial charge in [0.25, 0.3) is 15.9 Å². The topological polar surface area (TPSA) is 92.3 Å². The van der Waals surface area contributed by atoms with E-state index in [2.05, 4.69) is 14.7 Å². The minimum atomic E-state index is -3.74. The van der Waals surface area contributed by atoms with Crippen LogP contribution in [0.3, 0.4) is 0 Å². The number of amides is 1. The van der Waals surface area contributed by atoms with Gasteiger partial charge in [-0.05, 0) is 67.6 Å². The number of hydrogen-bond acceptors (Lipinski definition) is 6. The van der Waals surface area contributed by atoms with Crippen LogP contribution in [0.1, 0.15) is 21.6 Å². The number of carbonyl (C=O) groups excluding carboxylic acids is 1. The Bertz CT molecular complexity index is 1580. The molecule has 7 nitrogen and oxygen atoms in total. The number of anilines is 2. The summed E-state index contributed by atoms with van der Waals surface area (Å²) in [4.78, 5) is 24.4. The van der Waals surface area contributed by atoms with Gasteiger partial charge in [0.1, 0.15) is 0 Å². The van der Waals surface area contributed by atoms with Crippen molar-refractivity contribution in [2.24, 2.45) is 0 Å². The number of carbonyl (C=O) groups is 1. The smallest absolute Gasteiger partial charge is 0.261 e. The number of aryl methyl sites for hydroxylation is 1. The van der Waals surface area contributed by atoms with Crippen molar-refractivity contribution in [1.82, 2.24) is 9.97 Å². The highest BCUT2D eigenvalue weighted by Crippen LogP contribution is 2.30. The van der Waals surface area contributed by atoms with Crippen molar-refractivity contribution in [3.8, 4) is 0 Å². The molecule has 0 saturated carbocycles. The number of fused-ring (bicyclic) bond motifs is 1. The molecule has 0 fully saturated rings. The number of para-hydroxylation sites is 1. The van der Waals surface area contributed by atoms with Crippen molar-refractivity contribution in [2.45, 2.75) is 18.4 Å². The summed E-state index contributed by atoms with van der Waals surface area (Å²) in [6.45, 7) is 2.15. The molecule has 0 atom stereocenters. The van der Waals surface area contributed by atoms with Gasteiger partial charge in [0.2, 0.25) is 0 Å². The van der Waals surface area contributed by atoms with Crippen molar-refractivity contribution in [1.29, 1.82) is 0 Å². The van der Waals surface area contributed by atoms with E-state index in [1.807, 2.05) is 49.4 Å². The maximum Gasteiger partial charge on any atom is 0.261 e. The molecule has 0 unspecified atom stereocenters. The predicted octanol–water partition coefficient (Wildman–Crippen LogP) is 5.65. The minimum absolute atomic E-state index is 0.172. The van der Waals surface area contributed by atoms with Gasteiger partial charge in [0, 0.05) is 17.4 Å². The van der Waals surface area contributed by atoms with Crippen LogP contribution < -0.4 is 9.62 Å². The summed E-state index contributed by atoms with van der Waals surface area (Å²) >= 11 is 1.43. The molecule has 0 aliphatic carbocycles. The average molecular weight is 515 g/mol. The summed E-state index contributed by atoms with van der Waals surface area (Å²) in [5, 5.41) is 0.566. The molecule has 2 heterocycles. The second-order valence-electron chi connectivity index (χ2n) is 8.17. The largest absolute Gasteiger partial charge is 0.280 e. The fraction of sp³-hybridized carbons (Fsp3) is 0.0741. The van der Waals surface area contributed by atoms with E-state index >= 15 is 0 Å². The molecular formula is C27H22N4O3S2. The Labute approximate surface area is 213 Å². The summed E-state index contributed by atoms with van der Waals surface area (Å²) in [7, 11) is -3.74. The number of thiazole rings is 1. The normalized spacial score (nSPS) is 11.4. The van der Waals surface area contributed by atoms with E-state index in [0.29, 0.717) is 16.4 Å². The summed E-state index contributed by atoms with van der Waals surface area (Å²) in [6.07, 6.45) is 1.69. The maximum atomic E-state index is 13.6. The van der Waals surface area contributed by atoms with Crippen molar-refractivity contribution in [3.63, 3.8) is 0 Å². The first-order valence-corrected chi connectivity index (χ1v) is 13.5. The molecule has 0 radical (unpaired) electrons. The Morgan fingerprint density at radius 1 is 0.917 bits per heavy atom. The minimum Gasteiger partial charge on any atom is -0.280 e. The molecule has 5 aromatic rings. The third-order valence-corrected chi connectivity index (χ3v) is 7.98. The SMILES string of the molecule is Cc1ccc(S(=O)(=O)Nc2ccc(C(=O)N(Cc3ccccn3)c3nc4ccccc4s3)cc2)cc1. The van der Waals surface area contributed by atoms with Crippen LogP contribution >= 0.6 is 11.3 Å². The van der Waals surface area contributed by atoms with E-state index in [0.717, 1.165) is 21.5 Å². The number of pyridine rings is 1. The predicted molar refractivity (Wildman–Crippen MR) is 143 cm³/mol. The average Bonchev–Trinajstić information content (AvgIpc) is 3.32. The fourth-order valence-electron chi connectivity index (χ4n) is 3.62. The Hall–Kier alpha value is -4.08. The standard InChI is InChI=1S/C27H22N4O3S2/c1-19-9-15-23(16-10-19)36(33,34)30-21-13-11-20(12-14-21)26(32)31(18-22-6-4-5-17-28-22)27-29-24-7-2-3-8-25(24)35-27/h2-17,30H,18H2,1H3. The first-order chi connectivity index (χ1) is 17.4. The van der Waals surface area contributed by atoms with Crippen molar-refractivity contribution in [3.05, 3.63) is 114 Å². The highest BCUT2D eigenvalue weighted by atomic mass is 32.2. The third kappa shape index (κ3) is 5.12. The Morgan fingerprint density at radius 3 is 2.33 bits per heavy atom. The molecule has 3 aromatic carbocycles. The zero-order valence-electron chi connectivity index (χ0n) is 19.3. The van der Waals surface area contributed by atoms with Crippen molar-refractivity contribution >= 4 is 48.3 Å². The van der Waals surface area contributed by atoms with E-state index in [1.165, 1.54) is 11.3 Å². The monoisotopic (exact) mass is 514 g/mol. The van der Waals surface area contributed by atoms with E-state index in [1.54, 1.807) is 59.6 Å². The zero-order chi connectivity index (χ0) is 25.1. The number of sulfonamides is 1. The highest BCUT2D eigenvalue weighted by Gasteiger charge is 2.22. The van der Waals surface area contributed by atoms with Crippen LogP contribution in [0.15, 0.2) is 102 Å². The quantitative estimate of drug-likeness (QED) is 0.303. The summed E-state index contributed by atoms with van der Waals surface area (Å²) in [6, 6.07) is 26.3. The Morgan fingerprint density at radius 2 is 1.64 bits per heavy atom. The summed E-state index contributed by atoms with van der Waals surface area (Å²) in [5.41, 5.74) is 3.29. The third-order valence-electron chi connectivity index (χ3n) is 5.52. The fourth-order valence-corrected chi connectivity index (χ4v) is 5.65. The van der Waals surface area contributed by atoms with Crippen LogP contribution in [0, 0.1) is 6.92 Å². The Kier molecular flexibility index (Phi) is 6.49. The van der Waals surface area contributed by atoms with Crippen LogP contribution in [0.25, 0.3) is 10.2 Å². The Balaban J connectivity index is 1.42. The van der Waals surface area contributed by atoms with E-state index in [-0.39, 0.29) is 17.3 Å². The molecule has 1 amide bonds. The first-order valence-electron chi connectivity index (χ1n) is 11.2. The molecule has 0 aliphatic heterocycles. The lowest BCUT2D eigenvalue weighted by Crippen LogP contribution is -2.30. The molecular weight excluding hydrogens is 492 g/mol. The molecule has 1 N–H and O–H groups in total. The van der Waals surface area contributed by atoms with Gasteiger partial charge in [-0.2, -0.15) is 0 Å². The van der Waals surface area contributed by atoms with Gasteiger partial charge in [0.05, 0.1) is 27.4 Å². The van der Waals surface area contributed by atoms with Crippen LogP contribution in [0.2, 0.25) is 0 Å². The van der Waals surface area contributed by atoms with Crippen LogP contribution in [-0.4, -0.2) is 24.3 Å². The number of benzene rings is 3. The molecule has 5 rings (SSSR count). The molecule has 36 heavy (non-hydrogen) atoms. The molecule has 180 valence electrons. The lowest BCUT2D eigenvalue weighted by atomic mass is 10.2. The van der Waals surface area contributed by atoms with E-state index < -0.39 is 10.0 Å². The number of aromatic nitrogens is 2. The van der Waals surface area contributed by atoms with E-state index in [4.69, 9.17) is 0 Å². The van der Waals surface area contributed by atoms with Gasteiger partial charge < -0.3 is 0 Å². The molecule has 9 heteroatoms. The number of nitrogens with one attached hydrogen (secondary N) is 1. The van der Waals surface area contributed by atoms with Gasteiger partial charge in [-0.3, -0.25) is 19.4 Å². The maximum absolute atomic E-state index is 13.6. The lowest BCUT2D eigenvalue weighted by Gasteiger charge is -2.20. The van der Waals surface area contributed by atoms with Gasteiger partial charge >= 0.3 is 0 Å². The second kappa shape index (κ2) is 9.88. The van der Waals surface area contributed by atoms with E-state index in [9.17, 15) is 13.2 Å². The van der Waals surface area contributed by atoms with Gasteiger partial charge in [-0.1, -0.05) is 47.2 Å². The van der Waals surface area contributed by atoms with Crippen LogP contribution in [0.4, 0.5) is 10.8 Å². The number of rotatable bonds is 7. The van der Waals surface area contributed by atoms with Gasteiger partial charge in [-0.15, -0.1) is 0 Å². The highest BCUT2D eigenvalue weighted by molar-refractivity contribution is 7.92. The van der Waals surface area contributed by atoms with Gasteiger partial charge in [-0.25, -0.2) is 13.4 Å². The zero-order valence-corrected chi connectivity index (χ0v) is 21.0. The summed E-state index contributed by atoms with van der Waals surface area (Å²) in [5.74, 6) is -0.257. The van der Waals surface area contributed by atoms with Crippen molar-refractivity contribution in [2.75, 3.05) is 9.62 Å².